The quantitative estimate of drug-likeness (QED) is 0.464. The van der Waals surface area contributed by atoms with Crippen LogP contribution in [0.1, 0.15) is 56.1 Å². The second kappa shape index (κ2) is 8.24. The zero-order chi connectivity index (χ0) is 24.4. The van der Waals surface area contributed by atoms with Crippen molar-refractivity contribution in [2.24, 2.45) is 17.3 Å². The number of aryl methyl sites for hydroxylation is 1. The molecule has 0 heterocycles. The predicted molar refractivity (Wildman–Crippen MR) is 135 cm³/mol. The average molecular weight is 493 g/mol. The Morgan fingerprint density at radius 2 is 1.77 bits per heavy atom. The third-order valence-electron chi connectivity index (χ3n) is 9.18. The van der Waals surface area contributed by atoms with Gasteiger partial charge in [0.05, 0.1) is 13.2 Å². The molecule has 6 rings (SSSR count). The Labute approximate surface area is 207 Å². The van der Waals surface area contributed by atoms with E-state index in [1.165, 1.54) is 5.56 Å². The van der Waals surface area contributed by atoms with E-state index >= 15 is 0 Å². The molecule has 0 radical (unpaired) electrons. The highest BCUT2D eigenvalue weighted by molar-refractivity contribution is 7.87. The molecule has 0 spiro atoms. The largest absolute Gasteiger partial charge is 0.493 e. The molecule has 5 unspecified atom stereocenters. The summed E-state index contributed by atoms with van der Waals surface area (Å²) in [5.41, 5.74) is 2.44. The molecule has 0 amide bonds. The van der Waals surface area contributed by atoms with Gasteiger partial charge in [-0.25, -0.2) is 0 Å². The van der Waals surface area contributed by atoms with Crippen LogP contribution in [0.5, 0.6) is 11.5 Å². The highest BCUT2D eigenvalue weighted by Gasteiger charge is 2.54. The van der Waals surface area contributed by atoms with Crippen LogP contribution >= 0.6 is 0 Å². The van der Waals surface area contributed by atoms with Gasteiger partial charge in [0.15, 0.2) is 11.5 Å². The van der Waals surface area contributed by atoms with Gasteiger partial charge in [0, 0.05) is 5.39 Å². The van der Waals surface area contributed by atoms with E-state index in [-0.39, 0.29) is 22.2 Å². The maximum absolute atomic E-state index is 13.4. The molecule has 3 aliphatic carbocycles. The van der Waals surface area contributed by atoms with E-state index in [9.17, 15) is 13.5 Å². The van der Waals surface area contributed by atoms with Gasteiger partial charge in [0.2, 0.25) is 0 Å². The molecule has 184 valence electrons. The molecule has 5 nitrogen and oxygen atoms in total. The van der Waals surface area contributed by atoms with Crippen molar-refractivity contribution in [2.75, 3.05) is 7.11 Å². The Morgan fingerprint density at radius 1 is 0.971 bits per heavy atom. The first-order chi connectivity index (χ1) is 16.8. The fraction of sp³-hybridized carbons (Fsp3) is 0.448. The van der Waals surface area contributed by atoms with E-state index < -0.39 is 10.1 Å². The number of fused-ring (bicyclic) bond motifs is 6. The monoisotopic (exact) mass is 492 g/mol. The summed E-state index contributed by atoms with van der Waals surface area (Å²) in [6.45, 7) is 2.27. The Balaban J connectivity index is 1.35. The molecule has 3 aromatic rings. The van der Waals surface area contributed by atoms with Crippen LogP contribution in [0.3, 0.4) is 0 Å². The lowest BCUT2D eigenvalue weighted by Gasteiger charge is -2.50. The van der Waals surface area contributed by atoms with Crippen molar-refractivity contribution in [3.8, 4) is 11.5 Å². The van der Waals surface area contributed by atoms with Crippen molar-refractivity contribution < 1.29 is 22.4 Å². The third-order valence-corrected chi connectivity index (χ3v) is 10.5. The van der Waals surface area contributed by atoms with Crippen molar-refractivity contribution in [2.45, 2.75) is 62.4 Å². The van der Waals surface area contributed by atoms with E-state index in [0.717, 1.165) is 49.5 Å². The average Bonchev–Trinajstić information content (AvgIpc) is 3.17. The Kier molecular flexibility index (Phi) is 5.38. The van der Waals surface area contributed by atoms with E-state index in [2.05, 4.69) is 6.92 Å². The Hall–Kier alpha value is -2.57. The SMILES string of the molecule is COc1cc2c(cc1OS(=O)(=O)c1cccc3ccccc13)CCC1C2CCC2(C)C(O)CCC12. The molecule has 6 heteroatoms. The summed E-state index contributed by atoms with van der Waals surface area (Å²) >= 11 is 0. The number of hydrogen-bond acceptors (Lipinski definition) is 5. The number of rotatable bonds is 4. The van der Waals surface area contributed by atoms with Gasteiger partial charge >= 0.3 is 10.1 Å². The van der Waals surface area contributed by atoms with Crippen molar-refractivity contribution in [1.29, 1.82) is 0 Å². The molecule has 3 aliphatic rings. The zero-order valence-electron chi connectivity index (χ0n) is 20.2. The van der Waals surface area contributed by atoms with E-state index in [1.807, 2.05) is 36.4 Å². The van der Waals surface area contributed by atoms with E-state index in [4.69, 9.17) is 8.92 Å². The maximum atomic E-state index is 13.4. The van der Waals surface area contributed by atoms with Gasteiger partial charge in [0.1, 0.15) is 4.90 Å². The lowest BCUT2D eigenvalue weighted by atomic mass is 9.55. The number of aliphatic hydroxyl groups is 1. The zero-order valence-corrected chi connectivity index (χ0v) is 21.1. The van der Waals surface area contributed by atoms with Gasteiger partial charge in [-0.1, -0.05) is 43.3 Å². The van der Waals surface area contributed by atoms with Crippen LogP contribution in [-0.2, 0) is 16.5 Å². The lowest BCUT2D eigenvalue weighted by Crippen LogP contribution is -2.43. The first-order valence-electron chi connectivity index (χ1n) is 12.6. The van der Waals surface area contributed by atoms with Gasteiger partial charge in [-0.15, -0.1) is 0 Å². The van der Waals surface area contributed by atoms with Crippen molar-refractivity contribution >= 4 is 20.9 Å². The molecule has 1 N–H and O–H groups in total. The molecule has 2 fully saturated rings. The summed E-state index contributed by atoms with van der Waals surface area (Å²) < 4.78 is 38.1. The summed E-state index contributed by atoms with van der Waals surface area (Å²) in [5, 5.41) is 12.1. The normalized spacial score (nSPS) is 29.8. The molecule has 0 saturated heterocycles. The highest BCUT2D eigenvalue weighted by atomic mass is 32.2. The molecule has 0 bridgehead atoms. The molecular formula is C29H32O5S. The number of methoxy groups -OCH3 is 1. The van der Waals surface area contributed by atoms with Crippen molar-refractivity contribution in [1.82, 2.24) is 0 Å². The van der Waals surface area contributed by atoms with Crippen LogP contribution in [0.4, 0.5) is 0 Å². The minimum absolute atomic E-state index is 0.0261. The van der Waals surface area contributed by atoms with Crippen LogP contribution in [0.2, 0.25) is 0 Å². The summed E-state index contributed by atoms with van der Waals surface area (Å²) in [5.74, 6) is 2.20. The minimum atomic E-state index is -4.06. The number of ether oxygens (including phenoxy) is 1. The van der Waals surface area contributed by atoms with E-state index in [1.54, 1.807) is 25.3 Å². The highest BCUT2D eigenvalue weighted by Crippen LogP contribution is 2.61. The van der Waals surface area contributed by atoms with E-state index in [0.29, 0.717) is 28.9 Å². The van der Waals surface area contributed by atoms with Crippen LogP contribution in [-0.4, -0.2) is 26.7 Å². The molecule has 5 atom stereocenters. The first-order valence-corrected chi connectivity index (χ1v) is 14.0. The molecule has 0 aromatic heterocycles. The smallest absolute Gasteiger partial charge is 0.339 e. The molecule has 0 aliphatic heterocycles. The van der Waals surface area contributed by atoms with Crippen LogP contribution in [0.25, 0.3) is 10.8 Å². The Morgan fingerprint density at radius 3 is 2.60 bits per heavy atom. The minimum Gasteiger partial charge on any atom is -0.493 e. The lowest BCUT2D eigenvalue weighted by molar-refractivity contribution is -0.0226. The molecular weight excluding hydrogens is 460 g/mol. The summed E-state index contributed by atoms with van der Waals surface area (Å²) in [6.07, 6.45) is 5.81. The van der Waals surface area contributed by atoms with Gasteiger partial charge < -0.3 is 14.0 Å². The fourth-order valence-electron chi connectivity index (χ4n) is 7.35. The molecule has 2 saturated carbocycles. The predicted octanol–water partition coefficient (Wildman–Crippen LogP) is 5.83. The second-order valence-electron chi connectivity index (χ2n) is 10.8. The topological polar surface area (TPSA) is 72.8 Å². The van der Waals surface area contributed by atoms with Crippen LogP contribution in [0, 0.1) is 17.3 Å². The number of aliphatic hydroxyl groups excluding tert-OH is 1. The number of benzene rings is 3. The standard InChI is InChI=1S/C29H32O5S/c1-29-15-14-21-22(24(29)12-13-28(29)30)11-10-19-16-26(25(33-2)17-23(19)21)34-35(31,32)27-9-5-7-18-6-3-4-8-20(18)27/h3-9,16-17,21-22,24,28,30H,10-15H2,1-2H3. The molecule has 3 aromatic carbocycles. The van der Waals surface area contributed by atoms with Crippen LogP contribution < -0.4 is 8.92 Å². The molecule has 35 heavy (non-hydrogen) atoms. The third kappa shape index (κ3) is 3.56. The summed E-state index contributed by atoms with van der Waals surface area (Å²) in [7, 11) is -2.50. The van der Waals surface area contributed by atoms with Crippen LogP contribution in [0.15, 0.2) is 59.5 Å². The van der Waals surface area contributed by atoms with Gasteiger partial charge in [0.25, 0.3) is 0 Å². The number of hydrogen-bond donors (Lipinski definition) is 1. The van der Waals surface area contributed by atoms with Crippen molar-refractivity contribution in [3.63, 3.8) is 0 Å². The maximum Gasteiger partial charge on any atom is 0.339 e. The Bertz CT molecular complexity index is 1390. The first kappa shape index (κ1) is 22.9. The fourth-order valence-corrected chi connectivity index (χ4v) is 8.51. The summed E-state index contributed by atoms with van der Waals surface area (Å²) in [6, 6.07) is 16.5. The van der Waals surface area contributed by atoms with Gasteiger partial charge in [-0.05, 0) is 96.4 Å². The van der Waals surface area contributed by atoms with Gasteiger partial charge in [-0.3, -0.25) is 0 Å². The van der Waals surface area contributed by atoms with Crippen molar-refractivity contribution in [3.05, 3.63) is 65.7 Å². The second-order valence-corrected chi connectivity index (χ2v) is 12.3. The van der Waals surface area contributed by atoms with Gasteiger partial charge in [-0.2, -0.15) is 8.42 Å². The summed E-state index contributed by atoms with van der Waals surface area (Å²) in [4.78, 5) is 0.154.